The Morgan fingerprint density at radius 3 is 1.52 bits per heavy atom. The predicted molar refractivity (Wildman–Crippen MR) is 90.2 cm³/mol. The molecule has 0 aliphatic rings. The van der Waals surface area contributed by atoms with Gasteiger partial charge in [0.15, 0.2) is 0 Å². The molecule has 0 fully saturated rings. The summed E-state index contributed by atoms with van der Waals surface area (Å²) < 4.78 is 0. The van der Waals surface area contributed by atoms with Gasteiger partial charge in [0.1, 0.15) is 0 Å². The van der Waals surface area contributed by atoms with Crippen molar-refractivity contribution in [3.63, 3.8) is 0 Å². The standard InChI is InChI=1S/C18H32O4.K.H/c1-2-3-4-5-6-7-8-9-10-11-12-13-14-16(18(21)22)15-17(19)20;;/h15H,2-14H2,1H3,(H,19,20)(H,21,22);;/q;+1;-1/b16-15-;;. The monoisotopic (exact) mass is 352 g/mol. The zero-order valence-corrected chi connectivity index (χ0v) is 18.1. The van der Waals surface area contributed by atoms with Crippen LogP contribution in [0.5, 0.6) is 0 Å². The smallest absolute Gasteiger partial charge is 1.00 e. The molecule has 0 aliphatic carbocycles. The minimum Gasteiger partial charge on any atom is -1.00 e. The third kappa shape index (κ3) is 18.5. The molecule has 0 heterocycles. The average Bonchev–Trinajstić information content (AvgIpc) is 2.46. The summed E-state index contributed by atoms with van der Waals surface area (Å²) in [6.07, 6.45) is 15.8. The van der Waals surface area contributed by atoms with Crippen molar-refractivity contribution in [1.82, 2.24) is 0 Å². The van der Waals surface area contributed by atoms with Gasteiger partial charge in [0, 0.05) is 11.6 Å². The van der Waals surface area contributed by atoms with Crippen LogP contribution in [0.2, 0.25) is 0 Å². The van der Waals surface area contributed by atoms with Crippen LogP contribution in [0.25, 0.3) is 0 Å². The zero-order valence-electron chi connectivity index (χ0n) is 16.0. The van der Waals surface area contributed by atoms with E-state index in [1.807, 2.05) is 0 Å². The molecule has 5 heteroatoms. The van der Waals surface area contributed by atoms with E-state index in [0.29, 0.717) is 6.42 Å². The van der Waals surface area contributed by atoms with Crippen molar-refractivity contribution in [2.75, 3.05) is 0 Å². The molecule has 0 saturated carbocycles. The maximum Gasteiger partial charge on any atom is 1.00 e. The van der Waals surface area contributed by atoms with Crippen molar-refractivity contribution in [2.45, 2.75) is 90.4 Å². The van der Waals surface area contributed by atoms with Crippen LogP contribution in [0.4, 0.5) is 0 Å². The molecular weight excluding hydrogens is 319 g/mol. The molecule has 0 aromatic carbocycles. The summed E-state index contributed by atoms with van der Waals surface area (Å²) >= 11 is 0. The number of hydrogen-bond acceptors (Lipinski definition) is 2. The fraction of sp³-hybridized carbons (Fsp3) is 0.778. The largest absolute Gasteiger partial charge is 1.00 e. The van der Waals surface area contributed by atoms with Gasteiger partial charge in [-0.15, -0.1) is 0 Å². The number of carbonyl (C=O) groups is 2. The van der Waals surface area contributed by atoms with E-state index in [2.05, 4.69) is 6.92 Å². The number of rotatable bonds is 15. The van der Waals surface area contributed by atoms with Gasteiger partial charge in [-0.3, -0.25) is 0 Å². The third-order valence-electron chi connectivity index (χ3n) is 3.87. The molecule has 2 N–H and O–H groups in total. The Bertz CT molecular complexity index is 346. The number of carboxylic acids is 2. The summed E-state index contributed by atoms with van der Waals surface area (Å²) in [5.74, 6) is -2.30. The van der Waals surface area contributed by atoms with E-state index >= 15 is 0 Å². The van der Waals surface area contributed by atoms with Crippen LogP contribution >= 0.6 is 0 Å². The van der Waals surface area contributed by atoms with Crippen LogP contribution in [0.1, 0.15) is 91.8 Å². The first-order valence-corrected chi connectivity index (χ1v) is 8.74. The van der Waals surface area contributed by atoms with Crippen molar-refractivity contribution in [3.05, 3.63) is 11.6 Å². The molecule has 0 spiro atoms. The molecule has 0 aromatic rings. The van der Waals surface area contributed by atoms with Gasteiger partial charge >= 0.3 is 63.3 Å². The number of carboxylic acid groups (broad SMARTS) is 2. The predicted octanol–water partition coefficient (Wildman–Crippen LogP) is 2.29. The Kier molecular flexibility index (Phi) is 20.7. The van der Waals surface area contributed by atoms with Gasteiger partial charge < -0.3 is 11.6 Å². The van der Waals surface area contributed by atoms with E-state index in [9.17, 15) is 9.59 Å². The second-order valence-corrected chi connectivity index (χ2v) is 5.95. The first-order valence-electron chi connectivity index (χ1n) is 8.74. The van der Waals surface area contributed by atoms with Crippen LogP contribution in [-0.4, -0.2) is 22.2 Å². The molecule has 0 aliphatic heterocycles. The fourth-order valence-electron chi connectivity index (χ4n) is 2.55. The maximum absolute atomic E-state index is 10.8. The number of hydrogen-bond donors (Lipinski definition) is 2. The Hall–Kier alpha value is 0.316. The summed E-state index contributed by atoms with van der Waals surface area (Å²) in [7, 11) is 0. The number of unbranched alkanes of at least 4 members (excludes halogenated alkanes) is 11. The van der Waals surface area contributed by atoms with Gasteiger partial charge in [0.05, 0.1) is 0 Å². The van der Waals surface area contributed by atoms with E-state index in [4.69, 9.17) is 10.2 Å². The van der Waals surface area contributed by atoms with Crippen LogP contribution < -0.4 is 51.4 Å². The van der Waals surface area contributed by atoms with Gasteiger partial charge in [0.2, 0.25) is 0 Å². The summed E-state index contributed by atoms with van der Waals surface area (Å²) in [5.41, 5.74) is -0.000390. The Balaban J connectivity index is -0.00000220. The van der Waals surface area contributed by atoms with E-state index in [0.717, 1.165) is 25.3 Å². The van der Waals surface area contributed by atoms with Crippen LogP contribution in [-0.2, 0) is 9.59 Å². The molecule has 0 aromatic heterocycles. The SMILES string of the molecule is CCCCCCCCCCCCCC/C(=C/C(=O)O)C(=O)O.[H-].[K+]. The van der Waals surface area contributed by atoms with Crippen molar-refractivity contribution in [1.29, 1.82) is 0 Å². The Morgan fingerprint density at radius 2 is 1.17 bits per heavy atom. The van der Waals surface area contributed by atoms with Gasteiger partial charge in [-0.25, -0.2) is 9.59 Å². The van der Waals surface area contributed by atoms with Gasteiger partial charge in [0.25, 0.3) is 0 Å². The van der Waals surface area contributed by atoms with E-state index in [1.165, 1.54) is 57.8 Å². The van der Waals surface area contributed by atoms with Gasteiger partial charge in [-0.2, -0.15) is 0 Å². The third-order valence-corrected chi connectivity index (χ3v) is 3.87. The van der Waals surface area contributed by atoms with Gasteiger partial charge in [-0.05, 0) is 12.8 Å². The van der Waals surface area contributed by atoms with E-state index in [1.54, 1.807) is 0 Å². The summed E-state index contributed by atoms with van der Waals surface area (Å²) in [6.45, 7) is 2.23. The molecule has 4 nitrogen and oxygen atoms in total. The molecule has 0 saturated heterocycles. The van der Waals surface area contributed by atoms with E-state index in [-0.39, 0.29) is 58.4 Å². The topological polar surface area (TPSA) is 74.6 Å². The molecule has 23 heavy (non-hydrogen) atoms. The van der Waals surface area contributed by atoms with Crippen LogP contribution in [0.3, 0.4) is 0 Å². The normalized spacial score (nSPS) is 11.1. The van der Waals surface area contributed by atoms with Crippen molar-refractivity contribution < 1.29 is 72.6 Å². The second-order valence-electron chi connectivity index (χ2n) is 5.95. The molecule has 0 radical (unpaired) electrons. The van der Waals surface area contributed by atoms with E-state index < -0.39 is 11.9 Å². The summed E-state index contributed by atoms with van der Waals surface area (Å²) in [6, 6.07) is 0. The van der Waals surface area contributed by atoms with Crippen LogP contribution in [0, 0.1) is 0 Å². The molecule has 0 amide bonds. The minimum atomic E-state index is -1.18. The van der Waals surface area contributed by atoms with Gasteiger partial charge in [-0.1, -0.05) is 77.6 Å². The van der Waals surface area contributed by atoms with Crippen molar-refractivity contribution >= 4 is 11.9 Å². The molecule has 0 bridgehead atoms. The average molecular weight is 353 g/mol. The molecule has 0 atom stereocenters. The fourth-order valence-corrected chi connectivity index (χ4v) is 2.55. The zero-order chi connectivity index (χ0) is 16.6. The Labute approximate surface area is 185 Å². The van der Waals surface area contributed by atoms with Crippen molar-refractivity contribution in [3.8, 4) is 0 Å². The first-order chi connectivity index (χ1) is 10.6. The molecular formula is C18H33KO4. The van der Waals surface area contributed by atoms with Crippen LogP contribution in [0.15, 0.2) is 11.6 Å². The second kappa shape index (κ2) is 18.7. The minimum absolute atomic E-state index is 0. The summed E-state index contributed by atoms with van der Waals surface area (Å²) in [4.78, 5) is 21.3. The Morgan fingerprint density at radius 1 is 0.783 bits per heavy atom. The van der Waals surface area contributed by atoms with Crippen molar-refractivity contribution in [2.24, 2.45) is 0 Å². The summed E-state index contributed by atoms with van der Waals surface area (Å²) in [5, 5.41) is 17.5. The molecule has 0 unspecified atom stereocenters. The molecule has 130 valence electrons. The molecule has 0 rings (SSSR count). The first kappa shape index (κ1) is 25.6. The quantitative estimate of drug-likeness (QED) is 0.269. The maximum atomic E-state index is 10.8. The number of aliphatic carboxylic acids is 2.